The number of hydrogen-bond donors (Lipinski definition) is 3. The first kappa shape index (κ1) is 96.1. The molecule has 0 amide bonds. The van der Waals surface area contributed by atoms with Gasteiger partial charge < -0.3 is 33.8 Å². The van der Waals surface area contributed by atoms with Crippen LogP contribution in [0.2, 0.25) is 0 Å². The predicted molar refractivity (Wildman–Crippen MR) is 400 cm³/mol. The van der Waals surface area contributed by atoms with Crippen LogP contribution in [0.5, 0.6) is 0 Å². The number of phosphoric ester groups is 2. The monoisotopic (exact) mass is 1440 g/mol. The van der Waals surface area contributed by atoms with Crippen molar-refractivity contribution in [2.75, 3.05) is 39.6 Å². The van der Waals surface area contributed by atoms with E-state index in [1.807, 2.05) is 0 Å². The minimum absolute atomic E-state index is 0.109. The average molecular weight is 1440 g/mol. The second-order valence-electron chi connectivity index (χ2n) is 28.5. The predicted octanol–water partition coefficient (Wildman–Crippen LogP) is 23.8. The molecule has 0 aromatic carbocycles. The second kappa shape index (κ2) is 73.4. The van der Waals surface area contributed by atoms with Crippen molar-refractivity contribution in [2.24, 2.45) is 0 Å². The van der Waals surface area contributed by atoms with Gasteiger partial charge in [0, 0.05) is 25.7 Å². The zero-order valence-electron chi connectivity index (χ0n) is 63.8. The molecule has 0 aromatic rings. The van der Waals surface area contributed by atoms with Gasteiger partial charge in [0.25, 0.3) is 0 Å². The van der Waals surface area contributed by atoms with Crippen LogP contribution in [-0.2, 0) is 65.4 Å². The normalized spacial score (nSPS) is 13.8. The van der Waals surface area contributed by atoms with Crippen LogP contribution >= 0.6 is 15.6 Å². The van der Waals surface area contributed by atoms with Crippen LogP contribution in [0.15, 0.2) is 0 Å². The van der Waals surface area contributed by atoms with Crippen molar-refractivity contribution in [2.45, 2.75) is 444 Å². The summed E-state index contributed by atoms with van der Waals surface area (Å²) < 4.78 is 68.7. The number of rotatable bonds is 80. The van der Waals surface area contributed by atoms with E-state index in [1.165, 1.54) is 257 Å². The number of aliphatic hydroxyl groups excluding tert-OH is 1. The zero-order chi connectivity index (χ0) is 71.8. The van der Waals surface area contributed by atoms with E-state index in [2.05, 4.69) is 27.7 Å². The Labute approximate surface area is 600 Å². The van der Waals surface area contributed by atoms with E-state index in [9.17, 15) is 43.2 Å². The Kier molecular flexibility index (Phi) is 71.9. The Bertz CT molecular complexity index is 1860. The number of ether oxygens (including phenoxy) is 4. The number of unbranched alkanes of at least 4 members (excludes halogenated alkanes) is 54. The maximum atomic E-state index is 13.1. The summed E-state index contributed by atoms with van der Waals surface area (Å²) in [6, 6.07) is 0. The van der Waals surface area contributed by atoms with Crippen molar-refractivity contribution < 1.29 is 80.2 Å². The molecule has 0 radical (unpaired) electrons. The molecule has 0 aromatic heterocycles. The summed E-state index contributed by atoms with van der Waals surface area (Å²) in [5.41, 5.74) is 0. The first-order chi connectivity index (χ1) is 47.7. The van der Waals surface area contributed by atoms with E-state index in [4.69, 9.17) is 37.0 Å². The highest BCUT2D eigenvalue weighted by molar-refractivity contribution is 7.47. The van der Waals surface area contributed by atoms with Crippen molar-refractivity contribution in [1.82, 2.24) is 0 Å². The van der Waals surface area contributed by atoms with Gasteiger partial charge in [-0.05, 0) is 25.7 Å². The van der Waals surface area contributed by atoms with Gasteiger partial charge in [-0.15, -0.1) is 0 Å². The van der Waals surface area contributed by atoms with Gasteiger partial charge in [0.2, 0.25) is 0 Å². The summed E-state index contributed by atoms with van der Waals surface area (Å²) in [5.74, 6) is -2.10. The molecule has 0 bridgehead atoms. The van der Waals surface area contributed by atoms with E-state index in [0.29, 0.717) is 25.7 Å². The molecule has 582 valence electrons. The molecule has 0 rings (SSSR count). The average Bonchev–Trinajstić information content (AvgIpc) is 1.04. The Morgan fingerprint density at radius 2 is 0.408 bits per heavy atom. The highest BCUT2D eigenvalue weighted by atomic mass is 31.2. The molecule has 3 N–H and O–H groups in total. The third kappa shape index (κ3) is 72.4. The molecule has 0 aliphatic carbocycles. The maximum Gasteiger partial charge on any atom is 0.472 e. The van der Waals surface area contributed by atoms with E-state index < -0.39 is 97.5 Å². The Hall–Kier alpha value is -1.94. The molecular weight excluding hydrogens is 1280 g/mol. The topological polar surface area (TPSA) is 237 Å². The van der Waals surface area contributed by atoms with Crippen LogP contribution in [-0.4, -0.2) is 96.7 Å². The van der Waals surface area contributed by atoms with Crippen LogP contribution < -0.4 is 0 Å². The number of hydrogen-bond acceptors (Lipinski definition) is 15. The van der Waals surface area contributed by atoms with Crippen LogP contribution in [0, 0.1) is 0 Å². The molecule has 17 nitrogen and oxygen atoms in total. The first-order valence-electron chi connectivity index (χ1n) is 41.3. The molecule has 0 spiro atoms. The molecule has 2 unspecified atom stereocenters. The maximum absolute atomic E-state index is 13.1. The Morgan fingerprint density at radius 3 is 0.602 bits per heavy atom. The van der Waals surface area contributed by atoms with Crippen molar-refractivity contribution in [1.29, 1.82) is 0 Å². The lowest BCUT2D eigenvalue weighted by Crippen LogP contribution is -2.30. The van der Waals surface area contributed by atoms with Gasteiger partial charge >= 0.3 is 39.5 Å². The highest BCUT2D eigenvalue weighted by Crippen LogP contribution is 2.45. The molecule has 0 saturated heterocycles. The van der Waals surface area contributed by atoms with Gasteiger partial charge in [-0.2, -0.15) is 0 Å². The summed E-state index contributed by atoms with van der Waals surface area (Å²) in [6.07, 6.45) is 65.0. The largest absolute Gasteiger partial charge is 0.472 e. The summed E-state index contributed by atoms with van der Waals surface area (Å²) >= 11 is 0. The van der Waals surface area contributed by atoms with E-state index >= 15 is 0 Å². The van der Waals surface area contributed by atoms with Gasteiger partial charge in [0.1, 0.15) is 19.3 Å². The minimum atomic E-state index is -4.96. The second-order valence-corrected chi connectivity index (χ2v) is 31.4. The molecule has 0 aliphatic heterocycles. The molecule has 5 atom stereocenters. The van der Waals surface area contributed by atoms with Gasteiger partial charge in [-0.1, -0.05) is 374 Å². The smallest absolute Gasteiger partial charge is 0.462 e. The van der Waals surface area contributed by atoms with E-state index in [0.717, 1.165) is 89.9 Å². The standard InChI is InChI=1S/C79H154O17P2/c1-5-9-13-17-21-25-29-32-35-36-37-40-43-46-50-54-58-62-66-79(84)96-75(70-90-77(82)64-60-56-52-48-44-41-38-33-30-26-22-18-14-10-6-2)72-94-98(87,88)92-68-73(80)67-91-97(85,86)93-71-74(69-89-76(81)63-59-55-51-47-28-24-20-16-12-8-4)95-78(83)65-61-57-53-49-45-42-39-34-31-27-23-19-15-11-7-3/h73-75,80H,5-72H2,1-4H3,(H,85,86)(H,87,88)/t73-,74+,75+/m0/s1. The van der Waals surface area contributed by atoms with Crippen LogP contribution in [0.25, 0.3) is 0 Å². The molecule has 19 heteroatoms. The molecule has 0 aliphatic rings. The number of carbonyl (C=O) groups is 4. The summed E-state index contributed by atoms with van der Waals surface area (Å²) in [7, 11) is -9.91. The van der Waals surface area contributed by atoms with Gasteiger partial charge in [0.15, 0.2) is 12.2 Å². The Balaban J connectivity index is 5.23. The molecular formula is C79H154O17P2. The fraction of sp³-hybridized carbons (Fsp3) is 0.949. The lowest BCUT2D eigenvalue weighted by Gasteiger charge is -2.21. The number of carbonyl (C=O) groups excluding carboxylic acids is 4. The lowest BCUT2D eigenvalue weighted by molar-refractivity contribution is -0.161. The first-order valence-corrected chi connectivity index (χ1v) is 44.3. The van der Waals surface area contributed by atoms with Crippen molar-refractivity contribution >= 4 is 39.5 Å². The van der Waals surface area contributed by atoms with Crippen LogP contribution in [0.4, 0.5) is 0 Å². The van der Waals surface area contributed by atoms with Crippen molar-refractivity contribution in [3.05, 3.63) is 0 Å². The zero-order valence-corrected chi connectivity index (χ0v) is 65.6. The van der Waals surface area contributed by atoms with Gasteiger partial charge in [-0.25, -0.2) is 9.13 Å². The fourth-order valence-electron chi connectivity index (χ4n) is 12.3. The van der Waals surface area contributed by atoms with E-state index in [-0.39, 0.29) is 25.7 Å². The molecule has 0 heterocycles. The summed E-state index contributed by atoms with van der Waals surface area (Å²) in [6.45, 7) is 5.02. The minimum Gasteiger partial charge on any atom is -0.462 e. The highest BCUT2D eigenvalue weighted by Gasteiger charge is 2.30. The van der Waals surface area contributed by atoms with Crippen LogP contribution in [0.3, 0.4) is 0 Å². The molecule has 0 fully saturated rings. The number of esters is 4. The molecule has 0 saturated carbocycles. The van der Waals surface area contributed by atoms with E-state index in [1.54, 1.807) is 0 Å². The fourth-order valence-corrected chi connectivity index (χ4v) is 13.9. The molecule has 98 heavy (non-hydrogen) atoms. The van der Waals surface area contributed by atoms with Crippen LogP contribution in [0.1, 0.15) is 426 Å². The SMILES string of the molecule is CCCCCCCCCCCCCCCCCCCCC(=O)O[C@H](COC(=O)CCCCCCCCCCCCCCCCC)COP(=O)(O)OC[C@@H](O)COP(=O)(O)OC[C@@H](COC(=O)CCCCCCCCCCCC)OC(=O)CCCCCCCCCCCCCCCCC. The van der Waals surface area contributed by atoms with Crippen molar-refractivity contribution in [3.8, 4) is 0 Å². The Morgan fingerprint density at radius 1 is 0.245 bits per heavy atom. The lowest BCUT2D eigenvalue weighted by atomic mass is 10.0. The number of aliphatic hydroxyl groups is 1. The van der Waals surface area contributed by atoms with Gasteiger partial charge in [-0.3, -0.25) is 37.3 Å². The van der Waals surface area contributed by atoms with Crippen molar-refractivity contribution in [3.63, 3.8) is 0 Å². The third-order valence-electron chi connectivity index (χ3n) is 18.6. The van der Waals surface area contributed by atoms with Gasteiger partial charge in [0.05, 0.1) is 26.4 Å². The number of phosphoric acid groups is 2. The quantitative estimate of drug-likeness (QED) is 0.0222. The third-order valence-corrected chi connectivity index (χ3v) is 20.5. The summed E-state index contributed by atoms with van der Waals surface area (Å²) in [5, 5.41) is 10.6. The summed E-state index contributed by atoms with van der Waals surface area (Å²) in [4.78, 5) is 72.9.